The number of aromatic nitrogens is 1. The fourth-order valence-corrected chi connectivity index (χ4v) is 5.29. The van der Waals surface area contributed by atoms with Gasteiger partial charge in [-0.2, -0.15) is 0 Å². The molecule has 1 saturated heterocycles. The van der Waals surface area contributed by atoms with Crippen molar-refractivity contribution in [2.45, 2.75) is 70.2 Å². The lowest BCUT2D eigenvalue weighted by atomic mass is 9.85. The quantitative estimate of drug-likeness (QED) is 0.346. The molecule has 1 aromatic heterocycles. The van der Waals surface area contributed by atoms with E-state index in [4.69, 9.17) is 9.47 Å². The number of carbonyl (C=O) groups is 3. The third kappa shape index (κ3) is 5.81. The number of methoxy groups -OCH3 is 1. The molecule has 2 aliphatic heterocycles. The zero-order valence-corrected chi connectivity index (χ0v) is 23.0. The number of hydrogen-bond acceptors (Lipinski definition) is 7. The van der Waals surface area contributed by atoms with Crippen molar-refractivity contribution < 1.29 is 42.1 Å². The van der Waals surface area contributed by atoms with Gasteiger partial charge in [0.15, 0.2) is 11.4 Å². The van der Waals surface area contributed by atoms with Crippen molar-refractivity contribution in [2.75, 3.05) is 20.3 Å². The van der Waals surface area contributed by atoms with Crippen LogP contribution in [-0.2, 0) is 16.1 Å². The van der Waals surface area contributed by atoms with Crippen molar-refractivity contribution in [3.05, 3.63) is 62.8 Å². The minimum Gasteiger partial charge on any atom is -0.487 e. The van der Waals surface area contributed by atoms with Crippen molar-refractivity contribution in [2.24, 2.45) is 0 Å². The van der Waals surface area contributed by atoms with E-state index in [1.165, 1.54) is 16.6 Å². The first kappa shape index (κ1) is 30.1. The Morgan fingerprint density at radius 1 is 1.20 bits per heavy atom. The SMILES string of the molecule is CCCCOc1c2n(cc(C(=O)NCc3c(F)cc(F)cc3F)c1=O)[C@@H]1CN(C2=O)[C@@H](C)CC[C@@]1(O)CC(=O)OC. The van der Waals surface area contributed by atoms with Crippen LogP contribution in [0.4, 0.5) is 13.2 Å². The molecular weight excluding hydrogens is 547 g/mol. The Morgan fingerprint density at radius 3 is 2.51 bits per heavy atom. The number of benzene rings is 1. The van der Waals surface area contributed by atoms with Gasteiger partial charge < -0.3 is 29.4 Å². The summed E-state index contributed by atoms with van der Waals surface area (Å²) < 4.78 is 53.5. The molecule has 0 saturated carbocycles. The van der Waals surface area contributed by atoms with Gasteiger partial charge in [-0.1, -0.05) is 13.3 Å². The van der Waals surface area contributed by atoms with Gasteiger partial charge in [-0.15, -0.1) is 0 Å². The Kier molecular flexibility index (Phi) is 8.76. The van der Waals surface area contributed by atoms with Gasteiger partial charge in [0.2, 0.25) is 5.43 Å². The van der Waals surface area contributed by atoms with Crippen LogP contribution in [0.25, 0.3) is 0 Å². The number of unbranched alkanes of at least 4 members (excludes halogenated alkanes) is 1. The molecule has 0 unspecified atom stereocenters. The number of ether oxygens (including phenoxy) is 2. The molecule has 13 heteroatoms. The highest BCUT2D eigenvalue weighted by atomic mass is 19.1. The average Bonchev–Trinajstić information content (AvgIpc) is 3.02. The van der Waals surface area contributed by atoms with E-state index >= 15 is 0 Å². The first-order chi connectivity index (χ1) is 19.4. The third-order valence-corrected chi connectivity index (χ3v) is 7.71. The van der Waals surface area contributed by atoms with Crippen LogP contribution in [0.2, 0.25) is 0 Å². The molecule has 41 heavy (non-hydrogen) atoms. The fraction of sp³-hybridized carbons (Fsp3) is 0.500. The van der Waals surface area contributed by atoms with Gasteiger partial charge in [0, 0.05) is 43.0 Å². The van der Waals surface area contributed by atoms with Gasteiger partial charge in [0.05, 0.1) is 31.8 Å². The monoisotopic (exact) mass is 579 g/mol. The predicted octanol–water partition coefficient (Wildman–Crippen LogP) is 2.85. The number of aliphatic hydroxyl groups is 1. The van der Waals surface area contributed by atoms with E-state index in [1.807, 2.05) is 6.92 Å². The number of nitrogens with zero attached hydrogens (tertiary/aromatic N) is 2. The summed E-state index contributed by atoms with van der Waals surface area (Å²) in [6.45, 7) is 3.01. The Balaban J connectivity index is 1.83. The lowest BCUT2D eigenvalue weighted by Gasteiger charge is -2.42. The zero-order chi connectivity index (χ0) is 30.1. The molecule has 4 rings (SSSR count). The summed E-state index contributed by atoms with van der Waals surface area (Å²) >= 11 is 0. The van der Waals surface area contributed by atoms with E-state index in [0.29, 0.717) is 31.4 Å². The van der Waals surface area contributed by atoms with Crippen LogP contribution in [-0.4, -0.2) is 64.3 Å². The Labute approximate surface area is 234 Å². The second kappa shape index (κ2) is 11.9. The summed E-state index contributed by atoms with van der Waals surface area (Å²) in [6, 6.07) is -0.380. The van der Waals surface area contributed by atoms with Crippen molar-refractivity contribution >= 4 is 17.8 Å². The van der Waals surface area contributed by atoms with Gasteiger partial charge in [-0.05, 0) is 26.2 Å². The van der Waals surface area contributed by atoms with Crippen LogP contribution in [0, 0.1) is 17.5 Å². The molecule has 2 aliphatic rings. The van der Waals surface area contributed by atoms with Crippen molar-refractivity contribution in [3.63, 3.8) is 0 Å². The largest absolute Gasteiger partial charge is 0.487 e. The van der Waals surface area contributed by atoms with Gasteiger partial charge >= 0.3 is 5.97 Å². The van der Waals surface area contributed by atoms with Gasteiger partial charge in [0.1, 0.15) is 23.0 Å². The number of halogens is 3. The van der Waals surface area contributed by atoms with E-state index in [0.717, 1.165) is 6.20 Å². The minimum atomic E-state index is -1.71. The minimum absolute atomic E-state index is 0.0230. The number of rotatable bonds is 9. The van der Waals surface area contributed by atoms with E-state index in [1.54, 1.807) is 6.92 Å². The van der Waals surface area contributed by atoms with Crippen LogP contribution in [0.1, 0.15) is 78.4 Å². The fourth-order valence-electron chi connectivity index (χ4n) is 5.29. The molecule has 2 bridgehead atoms. The number of fused-ring (bicyclic) bond motifs is 4. The molecule has 1 aromatic carbocycles. The Hall–Kier alpha value is -3.87. The number of hydrogen-bond donors (Lipinski definition) is 2. The maximum Gasteiger partial charge on any atom is 0.308 e. The van der Waals surface area contributed by atoms with Gasteiger partial charge in [0.25, 0.3) is 11.8 Å². The van der Waals surface area contributed by atoms with E-state index in [9.17, 15) is 37.5 Å². The second-order valence-corrected chi connectivity index (χ2v) is 10.4. The summed E-state index contributed by atoms with van der Waals surface area (Å²) in [4.78, 5) is 54.3. The highest BCUT2D eigenvalue weighted by Crippen LogP contribution is 2.42. The van der Waals surface area contributed by atoms with E-state index in [-0.39, 0.29) is 31.3 Å². The molecular formula is C28H32F3N3O7. The topological polar surface area (TPSA) is 127 Å². The van der Waals surface area contributed by atoms with Crippen LogP contribution in [0.5, 0.6) is 5.75 Å². The molecule has 10 nitrogen and oxygen atoms in total. The molecule has 2 aromatic rings. The summed E-state index contributed by atoms with van der Waals surface area (Å²) in [5.41, 5.74) is -3.95. The molecule has 0 aliphatic carbocycles. The first-order valence-electron chi connectivity index (χ1n) is 13.4. The summed E-state index contributed by atoms with van der Waals surface area (Å²) in [7, 11) is 1.18. The van der Waals surface area contributed by atoms with Crippen LogP contribution < -0.4 is 15.5 Å². The number of esters is 1. The van der Waals surface area contributed by atoms with E-state index < -0.39 is 82.1 Å². The van der Waals surface area contributed by atoms with Gasteiger partial charge in [-0.25, -0.2) is 13.2 Å². The van der Waals surface area contributed by atoms with Crippen molar-refractivity contribution in [1.29, 1.82) is 0 Å². The maximum atomic E-state index is 14.2. The molecule has 2 N–H and O–H groups in total. The van der Waals surface area contributed by atoms with Crippen LogP contribution >= 0.6 is 0 Å². The molecule has 0 radical (unpaired) electrons. The molecule has 1 fully saturated rings. The van der Waals surface area contributed by atoms with Gasteiger partial charge in [-0.3, -0.25) is 19.2 Å². The highest BCUT2D eigenvalue weighted by Gasteiger charge is 2.50. The molecule has 3 heterocycles. The van der Waals surface area contributed by atoms with Crippen molar-refractivity contribution in [1.82, 2.24) is 14.8 Å². The maximum absolute atomic E-state index is 14.2. The zero-order valence-electron chi connectivity index (χ0n) is 23.0. The average molecular weight is 580 g/mol. The molecule has 0 spiro atoms. The molecule has 222 valence electrons. The van der Waals surface area contributed by atoms with Crippen LogP contribution in [0.3, 0.4) is 0 Å². The van der Waals surface area contributed by atoms with Crippen molar-refractivity contribution in [3.8, 4) is 5.75 Å². The van der Waals surface area contributed by atoms with Crippen LogP contribution in [0.15, 0.2) is 23.1 Å². The lowest BCUT2D eigenvalue weighted by molar-refractivity contribution is -0.148. The Bertz CT molecular complexity index is 1410. The number of amides is 2. The highest BCUT2D eigenvalue weighted by molar-refractivity contribution is 5.99. The lowest BCUT2D eigenvalue weighted by Crippen LogP contribution is -2.53. The second-order valence-electron chi connectivity index (χ2n) is 10.4. The molecule has 2 amide bonds. The predicted molar refractivity (Wildman–Crippen MR) is 139 cm³/mol. The summed E-state index contributed by atoms with van der Waals surface area (Å²) in [6.07, 6.45) is 2.38. The standard InChI is InChI=1S/C28H32F3N3O7/c1-4-5-8-41-25-23-27(38)33-14-21(28(39,7-6-15(33)2)11-22(35)40-3)34(23)13-18(24(25)36)26(37)32-12-17-19(30)9-16(29)10-20(17)31/h9-10,13,15,21,39H,4-8,11-12,14H2,1-3H3,(H,32,37)/t15-,21+,28+/m0/s1. The third-order valence-electron chi connectivity index (χ3n) is 7.71. The summed E-state index contributed by atoms with van der Waals surface area (Å²) in [5.74, 6) is -6.25. The normalized spacial score (nSPS) is 21.6. The number of carbonyl (C=O) groups excluding carboxylic acids is 3. The number of pyridine rings is 1. The Morgan fingerprint density at radius 2 is 1.88 bits per heavy atom. The summed E-state index contributed by atoms with van der Waals surface area (Å²) in [5, 5.41) is 14.0. The van der Waals surface area contributed by atoms with E-state index in [2.05, 4.69) is 5.32 Å². The number of nitrogens with one attached hydrogen (secondary N) is 1. The molecule has 3 atom stereocenters. The first-order valence-corrected chi connectivity index (χ1v) is 13.4. The smallest absolute Gasteiger partial charge is 0.308 e.